The van der Waals surface area contributed by atoms with Gasteiger partial charge in [-0.15, -0.1) is 0 Å². The summed E-state index contributed by atoms with van der Waals surface area (Å²) in [5.74, 6) is 1.39. The van der Waals surface area contributed by atoms with E-state index in [4.69, 9.17) is 21.7 Å². The third-order valence-electron chi connectivity index (χ3n) is 5.34. The van der Waals surface area contributed by atoms with Crippen LogP contribution in [0.2, 0.25) is 0 Å². The van der Waals surface area contributed by atoms with Gasteiger partial charge in [-0.25, -0.2) is 0 Å². The highest BCUT2D eigenvalue weighted by Gasteiger charge is 2.16. The Morgan fingerprint density at radius 1 is 0.939 bits per heavy atom. The smallest absolute Gasteiger partial charge is 0.253 e. The van der Waals surface area contributed by atoms with E-state index in [2.05, 4.69) is 10.3 Å². The normalized spacial score (nSPS) is 10.6. The number of thiocarbonyl (C=S) groups is 1. The summed E-state index contributed by atoms with van der Waals surface area (Å²) in [5.41, 5.74) is 3.04. The molecule has 2 N–H and O–H groups in total. The zero-order valence-corrected chi connectivity index (χ0v) is 19.3. The van der Waals surface area contributed by atoms with Gasteiger partial charge in [0.2, 0.25) is 0 Å². The maximum atomic E-state index is 12.9. The average Bonchev–Trinajstić information content (AvgIpc) is 2.84. The molecule has 6 nitrogen and oxygen atoms in total. The predicted octanol–water partition coefficient (Wildman–Crippen LogP) is 4.94. The van der Waals surface area contributed by atoms with Gasteiger partial charge in [0.1, 0.15) is 11.5 Å². The molecule has 4 aromatic rings. The van der Waals surface area contributed by atoms with E-state index in [0.29, 0.717) is 35.3 Å². The molecule has 0 unspecified atom stereocenters. The van der Waals surface area contributed by atoms with Crippen LogP contribution >= 0.6 is 12.2 Å². The SMILES string of the molecule is COc1ccc2cc(CN(Cc3ccccc3)C(=S)Nc3ccccc3OC)c(=O)[nH]c2c1. The summed E-state index contributed by atoms with van der Waals surface area (Å²) < 4.78 is 10.7. The Kier molecular flexibility index (Phi) is 6.90. The second-order valence-electron chi connectivity index (χ2n) is 7.55. The molecule has 0 aliphatic carbocycles. The summed E-state index contributed by atoms with van der Waals surface area (Å²) in [6, 6.07) is 25.1. The summed E-state index contributed by atoms with van der Waals surface area (Å²) in [4.78, 5) is 17.8. The van der Waals surface area contributed by atoms with Crippen LogP contribution in [0.1, 0.15) is 11.1 Å². The van der Waals surface area contributed by atoms with Crippen molar-refractivity contribution in [1.82, 2.24) is 9.88 Å². The van der Waals surface area contributed by atoms with E-state index in [1.807, 2.05) is 83.8 Å². The van der Waals surface area contributed by atoms with Crippen molar-refractivity contribution >= 4 is 33.9 Å². The second kappa shape index (κ2) is 10.2. The van der Waals surface area contributed by atoms with Crippen molar-refractivity contribution in [3.63, 3.8) is 0 Å². The molecule has 0 atom stereocenters. The van der Waals surface area contributed by atoms with Gasteiger partial charge in [0, 0.05) is 18.2 Å². The minimum Gasteiger partial charge on any atom is -0.497 e. The fourth-order valence-electron chi connectivity index (χ4n) is 3.62. The van der Waals surface area contributed by atoms with Crippen molar-refractivity contribution in [2.24, 2.45) is 0 Å². The van der Waals surface area contributed by atoms with Gasteiger partial charge in [-0.3, -0.25) is 4.79 Å². The largest absolute Gasteiger partial charge is 0.497 e. The number of hydrogen-bond donors (Lipinski definition) is 2. The average molecular weight is 460 g/mol. The number of benzene rings is 3. The number of pyridine rings is 1. The van der Waals surface area contributed by atoms with Crippen molar-refractivity contribution in [2.45, 2.75) is 13.1 Å². The summed E-state index contributed by atoms with van der Waals surface area (Å²) in [5, 5.41) is 4.70. The zero-order valence-electron chi connectivity index (χ0n) is 18.5. The Balaban J connectivity index is 1.65. The van der Waals surface area contributed by atoms with Crippen molar-refractivity contribution < 1.29 is 9.47 Å². The van der Waals surface area contributed by atoms with E-state index in [1.54, 1.807) is 14.2 Å². The first kappa shape index (κ1) is 22.4. The molecule has 0 aliphatic heterocycles. The molecule has 0 saturated heterocycles. The molecule has 0 amide bonds. The lowest BCUT2D eigenvalue weighted by molar-refractivity contribution is 0.408. The maximum absolute atomic E-state index is 12.9. The standard InChI is InChI=1S/C26H25N3O3S/c1-31-21-13-12-19-14-20(25(30)27-23(19)15-21)17-29(16-18-8-4-3-5-9-18)26(33)28-22-10-6-7-11-24(22)32-2/h3-15H,16-17H2,1-2H3,(H,27,30)(H,28,33). The molecule has 3 aromatic carbocycles. The molecular formula is C26H25N3O3S. The molecule has 0 bridgehead atoms. The molecule has 0 aliphatic rings. The fraction of sp³-hybridized carbons (Fsp3) is 0.154. The van der Waals surface area contributed by atoms with Crippen LogP contribution in [-0.4, -0.2) is 29.2 Å². The molecule has 0 spiro atoms. The van der Waals surface area contributed by atoms with Crippen LogP contribution in [0.5, 0.6) is 11.5 Å². The molecule has 0 fully saturated rings. The molecule has 7 heteroatoms. The maximum Gasteiger partial charge on any atom is 0.253 e. The van der Waals surface area contributed by atoms with Gasteiger partial charge in [0.25, 0.3) is 5.56 Å². The Morgan fingerprint density at radius 3 is 2.45 bits per heavy atom. The Labute approximate surface area is 197 Å². The lowest BCUT2D eigenvalue weighted by Crippen LogP contribution is -2.35. The van der Waals surface area contributed by atoms with Crippen molar-refractivity contribution in [3.05, 3.63) is 100 Å². The number of H-pyrrole nitrogens is 1. The van der Waals surface area contributed by atoms with Crippen LogP contribution in [0, 0.1) is 0 Å². The van der Waals surface area contributed by atoms with E-state index in [-0.39, 0.29) is 5.56 Å². The van der Waals surface area contributed by atoms with Crippen LogP contribution in [0.25, 0.3) is 10.9 Å². The first-order valence-electron chi connectivity index (χ1n) is 10.5. The molecule has 33 heavy (non-hydrogen) atoms. The lowest BCUT2D eigenvalue weighted by Gasteiger charge is -2.26. The number of nitrogens with one attached hydrogen (secondary N) is 2. The number of methoxy groups -OCH3 is 2. The second-order valence-corrected chi connectivity index (χ2v) is 7.94. The lowest BCUT2D eigenvalue weighted by atomic mass is 10.1. The van der Waals surface area contributed by atoms with Crippen LogP contribution in [0.15, 0.2) is 83.7 Å². The Bertz CT molecular complexity index is 1320. The van der Waals surface area contributed by atoms with E-state index < -0.39 is 0 Å². The van der Waals surface area contributed by atoms with E-state index in [9.17, 15) is 4.79 Å². The quantitative estimate of drug-likeness (QED) is 0.382. The molecule has 1 aromatic heterocycles. The van der Waals surface area contributed by atoms with Crippen LogP contribution in [0.4, 0.5) is 5.69 Å². The van der Waals surface area contributed by atoms with E-state index in [0.717, 1.165) is 22.2 Å². The number of para-hydroxylation sites is 2. The summed E-state index contributed by atoms with van der Waals surface area (Å²) in [6.07, 6.45) is 0. The van der Waals surface area contributed by atoms with Gasteiger partial charge in [0.15, 0.2) is 5.11 Å². The summed E-state index contributed by atoms with van der Waals surface area (Å²) in [6.45, 7) is 0.884. The number of anilines is 1. The zero-order chi connectivity index (χ0) is 23.2. The van der Waals surface area contributed by atoms with E-state index >= 15 is 0 Å². The monoisotopic (exact) mass is 459 g/mol. The van der Waals surface area contributed by atoms with Crippen LogP contribution in [0.3, 0.4) is 0 Å². The number of aromatic nitrogens is 1. The van der Waals surface area contributed by atoms with Crippen LogP contribution in [-0.2, 0) is 13.1 Å². The number of hydrogen-bond acceptors (Lipinski definition) is 4. The van der Waals surface area contributed by atoms with Gasteiger partial charge < -0.3 is 24.7 Å². The topological polar surface area (TPSA) is 66.6 Å². The van der Waals surface area contributed by atoms with Crippen molar-refractivity contribution in [2.75, 3.05) is 19.5 Å². The van der Waals surface area contributed by atoms with Gasteiger partial charge in [-0.2, -0.15) is 0 Å². The first-order valence-corrected chi connectivity index (χ1v) is 10.9. The minimum atomic E-state index is -0.158. The highest BCUT2D eigenvalue weighted by Crippen LogP contribution is 2.24. The number of fused-ring (bicyclic) bond motifs is 1. The minimum absolute atomic E-state index is 0.158. The van der Waals surface area contributed by atoms with Crippen molar-refractivity contribution in [1.29, 1.82) is 0 Å². The molecular weight excluding hydrogens is 434 g/mol. The summed E-state index contributed by atoms with van der Waals surface area (Å²) in [7, 11) is 3.22. The van der Waals surface area contributed by atoms with Crippen molar-refractivity contribution in [3.8, 4) is 11.5 Å². The highest BCUT2D eigenvalue weighted by atomic mass is 32.1. The predicted molar refractivity (Wildman–Crippen MR) is 136 cm³/mol. The highest BCUT2D eigenvalue weighted by molar-refractivity contribution is 7.80. The summed E-state index contributed by atoms with van der Waals surface area (Å²) >= 11 is 5.77. The molecule has 0 saturated carbocycles. The van der Waals surface area contributed by atoms with Crippen LogP contribution < -0.4 is 20.3 Å². The molecule has 168 valence electrons. The molecule has 1 heterocycles. The Hall–Kier alpha value is -3.84. The third kappa shape index (κ3) is 5.32. The molecule has 4 rings (SSSR count). The Morgan fingerprint density at radius 2 is 1.70 bits per heavy atom. The first-order chi connectivity index (χ1) is 16.1. The van der Waals surface area contributed by atoms with Gasteiger partial charge >= 0.3 is 0 Å². The van der Waals surface area contributed by atoms with Gasteiger partial charge in [-0.1, -0.05) is 42.5 Å². The number of aromatic amines is 1. The third-order valence-corrected chi connectivity index (χ3v) is 5.70. The number of nitrogens with zero attached hydrogens (tertiary/aromatic N) is 1. The van der Waals surface area contributed by atoms with Gasteiger partial charge in [-0.05, 0) is 53.5 Å². The number of rotatable bonds is 7. The van der Waals surface area contributed by atoms with Gasteiger partial charge in [0.05, 0.1) is 32.0 Å². The van der Waals surface area contributed by atoms with E-state index in [1.165, 1.54) is 0 Å². The molecule has 0 radical (unpaired) electrons. The number of ether oxygens (including phenoxy) is 2. The fourth-order valence-corrected chi connectivity index (χ4v) is 3.86.